The number of benzene rings is 3. The lowest BCUT2D eigenvalue weighted by Gasteiger charge is -2.18. The summed E-state index contributed by atoms with van der Waals surface area (Å²) in [6, 6.07) is 26.1. The lowest BCUT2D eigenvalue weighted by atomic mass is 9.88. The smallest absolute Gasteiger partial charge is 0.336 e. The van der Waals surface area contributed by atoms with E-state index in [1.807, 2.05) is 37.4 Å². The second-order valence-electron chi connectivity index (χ2n) is 9.07. The molecule has 0 radical (unpaired) electrons. The molecule has 0 fully saturated rings. The largest absolute Gasteiger partial charge is 0.508 e. The van der Waals surface area contributed by atoms with Crippen LogP contribution in [0.15, 0.2) is 78.9 Å². The molecular weight excluding hydrogens is 530 g/mol. The van der Waals surface area contributed by atoms with E-state index in [1.54, 1.807) is 12.1 Å². The first-order chi connectivity index (χ1) is 19.5. The van der Waals surface area contributed by atoms with Crippen molar-refractivity contribution in [2.45, 2.75) is 31.8 Å². The van der Waals surface area contributed by atoms with Gasteiger partial charge in [-0.3, -0.25) is 9.59 Å². The van der Waals surface area contributed by atoms with E-state index in [0.29, 0.717) is 6.61 Å². The van der Waals surface area contributed by atoms with Gasteiger partial charge in [-0.25, -0.2) is 4.79 Å². The van der Waals surface area contributed by atoms with Crippen LogP contribution >= 0.6 is 0 Å². The summed E-state index contributed by atoms with van der Waals surface area (Å²) in [5.74, 6) is -3.88. The summed E-state index contributed by atoms with van der Waals surface area (Å²) in [6.07, 6.45) is -1.39. The van der Waals surface area contributed by atoms with Crippen LogP contribution < -0.4 is 10.1 Å². The van der Waals surface area contributed by atoms with E-state index in [2.05, 4.69) is 48.6 Å². The normalized spacial score (nSPS) is 11.5. The number of carboxylic acid groups (broad SMARTS) is 3. The van der Waals surface area contributed by atoms with Crippen molar-refractivity contribution < 1.29 is 44.7 Å². The molecule has 0 bridgehead atoms. The third-order valence-corrected chi connectivity index (χ3v) is 5.98. The second-order valence-corrected chi connectivity index (χ2v) is 9.07. The number of hydrogen-bond acceptors (Lipinski definition) is 7. The number of nitrogens with one attached hydrogen (secondary N) is 1. The molecule has 10 heteroatoms. The zero-order valence-electron chi connectivity index (χ0n) is 22.9. The average molecular weight is 566 g/mol. The van der Waals surface area contributed by atoms with Crippen LogP contribution in [0, 0.1) is 0 Å². The first kappa shape index (κ1) is 32.5. The number of ether oxygens (including phenoxy) is 1. The Kier molecular flexibility index (Phi) is 12.5. The molecule has 10 nitrogen and oxygen atoms in total. The van der Waals surface area contributed by atoms with Gasteiger partial charge in [-0.05, 0) is 65.6 Å². The third-order valence-electron chi connectivity index (χ3n) is 5.98. The van der Waals surface area contributed by atoms with Crippen molar-refractivity contribution in [2.75, 3.05) is 20.2 Å². The third kappa shape index (κ3) is 10.1. The van der Waals surface area contributed by atoms with Crippen molar-refractivity contribution in [1.82, 2.24) is 5.32 Å². The number of rotatable bonds is 13. The molecule has 0 aliphatic heterocycles. The van der Waals surface area contributed by atoms with Crippen LogP contribution in [0.5, 0.6) is 11.5 Å². The Hall–Kier alpha value is -4.67. The lowest BCUT2D eigenvalue weighted by molar-refractivity contribution is -0.170. The summed E-state index contributed by atoms with van der Waals surface area (Å²) in [6.45, 7) is 3.63. The maximum absolute atomic E-state index is 10.3. The average Bonchev–Trinajstić information content (AvgIpc) is 2.93. The topological polar surface area (TPSA) is 174 Å². The molecule has 0 aliphatic carbocycles. The van der Waals surface area contributed by atoms with Crippen LogP contribution in [0.25, 0.3) is 11.1 Å². The van der Waals surface area contributed by atoms with E-state index in [4.69, 9.17) is 25.2 Å². The van der Waals surface area contributed by atoms with Crippen LogP contribution in [-0.2, 0) is 14.4 Å². The van der Waals surface area contributed by atoms with E-state index < -0.39 is 36.4 Å². The molecule has 3 aromatic rings. The minimum absolute atomic E-state index is 0.272. The molecule has 0 atom stereocenters. The lowest BCUT2D eigenvalue weighted by Crippen LogP contribution is -2.42. The summed E-state index contributed by atoms with van der Waals surface area (Å²) in [4.78, 5) is 30.5. The van der Waals surface area contributed by atoms with Gasteiger partial charge in [-0.2, -0.15) is 0 Å². The summed E-state index contributed by atoms with van der Waals surface area (Å²) < 4.78 is 5.76. The number of likely N-dealkylation sites (N-methyl/N-ethyl adjacent to an activating group) is 1. The van der Waals surface area contributed by atoms with Gasteiger partial charge >= 0.3 is 17.9 Å². The Labute approximate surface area is 238 Å². The van der Waals surface area contributed by atoms with Crippen LogP contribution in [0.1, 0.15) is 42.9 Å². The Morgan fingerprint density at radius 2 is 1.29 bits per heavy atom. The minimum Gasteiger partial charge on any atom is -0.508 e. The molecule has 0 unspecified atom stereocenters. The number of carbonyl (C=O) groups is 3. The monoisotopic (exact) mass is 565 g/mol. The predicted molar refractivity (Wildman–Crippen MR) is 154 cm³/mol. The zero-order chi connectivity index (χ0) is 30.4. The number of allylic oxidation sites excluding steroid dienone is 1. The molecule has 0 aromatic heterocycles. The Morgan fingerprint density at radius 1 is 0.780 bits per heavy atom. The number of carboxylic acids is 3. The van der Waals surface area contributed by atoms with Crippen molar-refractivity contribution in [1.29, 1.82) is 0 Å². The van der Waals surface area contributed by atoms with Gasteiger partial charge in [0.15, 0.2) is 5.60 Å². The molecule has 0 saturated carbocycles. The molecule has 3 rings (SSSR count). The number of aromatic hydroxyl groups is 1. The molecule has 0 saturated heterocycles. The zero-order valence-corrected chi connectivity index (χ0v) is 22.9. The Morgan fingerprint density at radius 3 is 1.73 bits per heavy atom. The van der Waals surface area contributed by atoms with Crippen LogP contribution in [0.4, 0.5) is 0 Å². The number of aliphatic carboxylic acids is 3. The SMILES string of the molecule is CC/C(=C(\c1ccc(O)cc1)c1ccc(OCCNC)cc1)c1ccccc1.O=C(O)CC(O)(CC(=O)O)C(=O)O. The molecule has 0 heterocycles. The first-order valence-electron chi connectivity index (χ1n) is 12.9. The van der Waals surface area contributed by atoms with Gasteiger partial charge in [0.1, 0.15) is 18.1 Å². The van der Waals surface area contributed by atoms with E-state index in [1.165, 1.54) is 16.7 Å². The van der Waals surface area contributed by atoms with Crippen molar-refractivity contribution in [3.8, 4) is 11.5 Å². The quantitative estimate of drug-likeness (QED) is 0.131. The summed E-state index contributed by atoms with van der Waals surface area (Å²) in [5, 5.41) is 46.6. The number of phenolic OH excluding ortho intramolecular Hbond substituents is 1. The highest BCUT2D eigenvalue weighted by Crippen LogP contribution is 2.35. The number of hydrogen-bond donors (Lipinski definition) is 6. The second kappa shape index (κ2) is 15.8. The van der Waals surface area contributed by atoms with Crippen LogP contribution in [0.2, 0.25) is 0 Å². The van der Waals surface area contributed by atoms with E-state index >= 15 is 0 Å². The molecule has 6 N–H and O–H groups in total. The van der Waals surface area contributed by atoms with Crippen LogP contribution in [-0.4, -0.2) is 69.2 Å². The van der Waals surface area contributed by atoms with Crippen molar-refractivity contribution in [2.24, 2.45) is 0 Å². The van der Waals surface area contributed by atoms with E-state index in [0.717, 1.165) is 29.8 Å². The van der Waals surface area contributed by atoms with Crippen LogP contribution in [0.3, 0.4) is 0 Å². The van der Waals surface area contributed by atoms with Gasteiger partial charge in [-0.1, -0.05) is 61.5 Å². The molecule has 218 valence electrons. The highest BCUT2D eigenvalue weighted by Gasteiger charge is 2.40. The summed E-state index contributed by atoms with van der Waals surface area (Å²) in [7, 11) is 1.91. The van der Waals surface area contributed by atoms with Gasteiger partial charge in [0.05, 0.1) is 12.8 Å². The van der Waals surface area contributed by atoms with E-state index in [9.17, 15) is 19.5 Å². The first-order valence-corrected chi connectivity index (χ1v) is 12.9. The molecule has 0 spiro atoms. The maximum Gasteiger partial charge on any atom is 0.336 e. The molecule has 0 amide bonds. The fourth-order valence-corrected chi connectivity index (χ4v) is 4.01. The Balaban J connectivity index is 0.000000383. The standard InChI is InChI=1S/C25H27NO2.C6H8O7/c1-3-24(19-7-5-4-6-8-19)25(20-9-13-22(27)14-10-20)21-11-15-23(16-12-21)28-18-17-26-2;7-3(8)1-6(13,5(11)12)2-4(9)10/h4-16,26-27H,3,17-18H2,1-2H3;13H,1-2H2,(H,7,8)(H,9,10)(H,11,12)/b25-24-;. The highest BCUT2D eigenvalue weighted by molar-refractivity contribution is 5.98. The molecule has 0 aliphatic rings. The van der Waals surface area contributed by atoms with Gasteiger partial charge in [-0.15, -0.1) is 0 Å². The fraction of sp³-hybridized carbons (Fsp3) is 0.258. The van der Waals surface area contributed by atoms with E-state index in [-0.39, 0.29) is 5.75 Å². The van der Waals surface area contributed by atoms with Gasteiger partial charge in [0, 0.05) is 6.54 Å². The number of aliphatic hydroxyl groups is 1. The highest BCUT2D eigenvalue weighted by atomic mass is 16.5. The van der Waals surface area contributed by atoms with Crippen molar-refractivity contribution >= 4 is 29.1 Å². The summed E-state index contributed by atoms with van der Waals surface area (Å²) in [5.41, 5.74) is 3.14. The predicted octanol–water partition coefficient (Wildman–Crippen LogP) is 4.11. The van der Waals surface area contributed by atoms with Crippen molar-refractivity contribution in [3.63, 3.8) is 0 Å². The minimum atomic E-state index is -2.74. The number of phenols is 1. The summed E-state index contributed by atoms with van der Waals surface area (Å²) >= 11 is 0. The van der Waals surface area contributed by atoms with Gasteiger partial charge < -0.3 is 35.6 Å². The molecule has 3 aromatic carbocycles. The Bertz CT molecular complexity index is 1300. The van der Waals surface area contributed by atoms with Gasteiger partial charge in [0.2, 0.25) is 0 Å². The van der Waals surface area contributed by atoms with Gasteiger partial charge in [0.25, 0.3) is 0 Å². The fourth-order valence-electron chi connectivity index (χ4n) is 4.01. The molecule has 41 heavy (non-hydrogen) atoms. The van der Waals surface area contributed by atoms with Crippen molar-refractivity contribution in [3.05, 3.63) is 95.6 Å². The molecular formula is C31H35NO9. The maximum atomic E-state index is 10.3.